The van der Waals surface area contributed by atoms with Crippen LogP contribution in [0.4, 0.5) is 5.82 Å². The van der Waals surface area contributed by atoms with Gasteiger partial charge in [0.25, 0.3) is 0 Å². The molecule has 2 aromatic heterocycles. The highest BCUT2D eigenvalue weighted by Crippen LogP contribution is 2.29. The molecule has 0 atom stereocenters. The van der Waals surface area contributed by atoms with E-state index in [0.29, 0.717) is 0 Å². The molecular weight excluding hydrogens is 226 g/mol. The summed E-state index contributed by atoms with van der Waals surface area (Å²) >= 11 is 0. The molecule has 90 valence electrons. The van der Waals surface area contributed by atoms with E-state index in [-0.39, 0.29) is 0 Å². The van der Waals surface area contributed by atoms with Crippen molar-refractivity contribution in [3.05, 3.63) is 42.2 Å². The maximum Gasteiger partial charge on any atom is 0.154 e. The van der Waals surface area contributed by atoms with E-state index in [0.717, 1.165) is 33.8 Å². The fourth-order valence-electron chi connectivity index (χ4n) is 2.05. The third-order valence-corrected chi connectivity index (χ3v) is 2.98. The van der Waals surface area contributed by atoms with Crippen LogP contribution < -0.4 is 5.32 Å². The summed E-state index contributed by atoms with van der Waals surface area (Å²) in [7, 11) is 1.84. The first kappa shape index (κ1) is 10.8. The molecule has 0 aliphatic carbocycles. The van der Waals surface area contributed by atoms with Gasteiger partial charge in [0.1, 0.15) is 23.4 Å². The quantitative estimate of drug-likeness (QED) is 0.745. The molecule has 3 rings (SSSR count). The van der Waals surface area contributed by atoms with Gasteiger partial charge in [-0.1, -0.05) is 18.2 Å². The molecule has 0 radical (unpaired) electrons. The number of rotatable bonds is 2. The number of hydrogen-bond acceptors (Lipinski definition) is 4. The molecular formula is C14H13N3O. The van der Waals surface area contributed by atoms with Crippen LogP contribution in [0, 0.1) is 6.92 Å². The van der Waals surface area contributed by atoms with Crippen molar-refractivity contribution in [2.75, 3.05) is 12.4 Å². The maximum atomic E-state index is 5.82. The van der Waals surface area contributed by atoms with E-state index in [1.807, 2.05) is 44.3 Å². The first-order valence-electron chi connectivity index (χ1n) is 5.78. The van der Waals surface area contributed by atoms with Gasteiger partial charge in [-0.3, -0.25) is 0 Å². The van der Waals surface area contributed by atoms with Gasteiger partial charge in [-0.15, -0.1) is 0 Å². The zero-order valence-corrected chi connectivity index (χ0v) is 10.3. The van der Waals surface area contributed by atoms with Crippen molar-refractivity contribution in [1.82, 2.24) is 9.97 Å². The van der Waals surface area contributed by atoms with Gasteiger partial charge in [0.15, 0.2) is 5.76 Å². The zero-order valence-electron chi connectivity index (χ0n) is 10.3. The lowest BCUT2D eigenvalue weighted by atomic mass is 10.2. The standard InChI is InChI=1S/C14H13N3O/c1-9-13(16-8-17-14(9)15-2)12-7-10-5-3-4-6-11(10)18-12/h3-8H,1-2H3,(H,15,16,17). The molecule has 3 aromatic rings. The van der Waals surface area contributed by atoms with Gasteiger partial charge in [0.2, 0.25) is 0 Å². The van der Waals surface area contributed by atoms with Crippen molar-refractivity contribution in [2.45, 2.75) is 6.92 Å². The molecule has 18 heavy (non-hydrogen) atoms. The first-order chi connectivity index (χ1) is 8.79. The summed E-state index contributed by atoms with van der Waals surface area (Å²) in [5, 5.41) is 4.13. The molecule has 0 aliphatic rings. The second-order valence-electron chi connectivity index (χ2n) is 4.09. The number of furan rings is 1. The Kier molecular flexibility index (Phi) is 2.48. The van der Waals surface area contributed by atoms with Gasteiger partial charge in [0.05, 0.1) is 0 Å². The van der Waals surface area contributed by atoms with Gasteiger partial charge < -0.3 is 9.73 Å². The van der Waals surface area contributed by atoms with Crippen LogP contribution in [0.2, 0.25) is 0 Å². The predicted molar refractivity (Wildman–Crippen MR) is 71.5 cm³/mol. The minimum Gasteiger partial charge on any atom is -0.454 e. The lowest BCUT2D eigenvalue weighted by Gasteiger charge is -2.06. The van der Waals surface area contributed by atoms with E-state index in [9.17, 15) is 0 Å². The van der Waals surface area contributed by atoms with Crippen molar-refractivity contribution < 1.29 is 4.42 Å². The second kappa shape index (κ2) is 4.14. The van der Waals surface area contributed by atoms with Crippen LogP contribution in [0.15, 0.2) is 41.1 Å². The van der Waals surface area contributed by atoms with Gasteiger partial charge in [0, 0.05) is 18.0 Å². The monoisotopic (exact) mass is 239 g/mol. The second-order valence-corrected chi connectivity index (χ2v) is 4.09. The number of nitrogens with one attached hydrogen (secondary N) is 1. The molecule has 0 aliphatic heterocycles. The van der Waals surface area contributed by atoms with Crippen LogP contribution in [0.5, 0.6) is 0 Å². The number of aromatic nitrogens is 2. The number of nitrogens with zero attached hydrogens (tertiary/aromatic N) is 2. The zero-order chi connectivity index (χ0) is 12.5. The van der Waals surface area contributed by atoms with Crippen LogP contribution >= 0.6 is 0 Å². The van der Waals surface area contributed by atoms with Crippen LogP contribution in [-0.4, -0.2) is 17.0 Å². The summed E-state index contributed by atoms with van der Waals surface area (Å²) in [6, 6.07) is 9.94. The minimum absolute atomic E-state index is 0.771. The van der Waals surface area contributed by atoms with E-state index in [1.165, 1.54) is 0 Å². The van der Waals surface area contributed by atoms with Crippen molar-refractivity contribution in [1.29, 1.82) is 0 Å². The SMILES string of the molecule is CNc1ncnc(-c2cc3ccccc3o2)c1C. The van der Waals surface area contributed by atoms with E-state index in [4.69, 9.17) is 4.42 Å². The Hall–Kier alpha value is -2.36. The third-order valence-electron chi connectivity index (χ3n) is 2.98. The average Bonchev–Trinajstić information content (AvgIpc) is 2.82. The molecule has 1 aromatic carbocycles. The Balaban J connectivity index is 2.20. The predicted octanol–water partition coefficient (Wildman–Crippen LogP) is 3.24. The molecule has 0 unspecified atom stereocenters. The van der Waals surface area contributed by atoms with Crippen molar-refractivity contribution >= 4 is 16.8 Å². The largest absolute Gasteiger partial charge is 0.454 e. The fraction of sp³-hybridized carbons (Fsp3) is 0.143. The van der Waals surface area contributed by atoms with Crippen LogP contribution in [0.25, 0.3) is 22.4 Å². The van der Waals surface area contributed by atoms with Crippen LogP contribution in [0.3, 0.4) is 0 Å². The summed E-state index contributed by atoms with van der Waals surface area (Å²) in [6.07, 6.45) is 1.54. The molecule has 0 spiro atoms. The Bertz CT molecular complexity index is 670. The molecule has 1 N–H and O–H groups in total. The Morgan fingerprint density at radius 1 is 1.17 bits per heavy atom. The van der Waals surface area contributed by atoms with Crippen molar-refractivity contribution in [3.63, 3.8) is 0 Å². The molecule has 2 heterocycles. The molecule has 0 saturated heterocycles. The molecule has 0 fully saturated rings. The molecule has 0 saturated carbocycles. The molecule has 4 heteroatoms. The lowest BCUT2D eigenvalue weighted by molar-refractivity contribution is 0.628. The van der Waals surface area contributed by atoms with E-state index < -0.39 is 0 Å². The van der Waals surface area contributed by atoms with Crippen LogP contribution in [0.1, 0.15) is 5.56 Å². The average molecular weight is 239 g/mol. The number of fused-ring (bicyclic) bond motifs is 1. The maximum absolute atomic E-state index is 5.82. The number of para-hydroxylation sites is 1. The van der Waals surface area contributed by atoms with E-state index in [1.54, 1.807) is 6.33 Å². The van der Waals surface area contributed by atoms with Gasteiger partial charge in [-0.05, 0) is 19.1 Å². The summed E-state index contributed by atoms with van der Waals surface area (Å²) in [4.78, 5) is 8.48. The summed E-state index contributed by atoms with van der Waals surface area (Å²) in [5.41, 5.74) is 2.68. The minimum atomic E-state index is 0.771. The van der Waals surface area contributed by atoms with Gasteiger partial charge in [-0.25, -0.2) is 9.97 Å². The highest BCUT2D eigenvalue weighted by molar-refractivity contribution is 5.83. The third kappa shape index (κ3) is 1.62. The highest BCUT2D eigenvalue weighted by Gasteiger charge is 2.12. The summed E-state index contributed by atoms with van der Waals surface area (Å²) in [5.74, 6) is 1.59. The lowest BCUT2D eigenvalue weighted by Crippen LogP contribution is -1.98. The number of hydrogen-bond donors (Lipinski definition) is 1. The molecule has 0 amide bonds. The number of anilines is 1. The fourth-order valence-corrected chi connectivity index (χ4v) is 2.05. The van der Waals surface area contributed by atoms with Crippen molar-refractivity contribution in [2.24, 2.45) is 0 Å². The normalized spacial score (nSPS) is 10.8. The first-order valence-corrected chi connectivity index (χ1v) is 5.78. The Labute approximate surface area is 105 Å². The van der Waals surface area contributed by atoms with Gasteiger partial charge >= 0.3 is 0 Å². The smallest absolute Gasteiger partial charge is 0.154 e. The Morgan fingerprint density at radius 3 is 2.78 bits per heavy atom. The van der Waals surface area contributed by atoms with Crippen molar-refractivity contribution in [3.8, 4) is 11.5 Å². The molecule has 0 bridgehead atoms. The van der Waals surface area contributed by atoms with Gasteiger partial charge in [-0.2, -0.15) is 0 Å². The van der Waals surface area contributed by atoms with Crippen LogP contribution in [-0.2, 0) is 0 Å². The summed E-state index contributed by atoms with van der Waals surface area (Å²) in [6.45, 7) is 1.98. The topological polar surface area (TPSA) is 51.0 Å². The Morgan fingerprint density at radius 2 is 2.00 bits per heavy atom. The van der Waals surface area contributed by atoms with E-state index >= 15 is 0 Å². The van der Waals surface area contributed by atoms with E-state index in [2.05, 4.69) is 15.3 Å². The summed E-state index contributed by atoms with van der Waals surface area (Å²) < 4.78 is 5.82. The molecule has 4 nitrogen and oxygen atoms in total. The number of benzene rings is 1. The highest BCUT2D eigenvalue weighted by atomic mass is 16.3.